The third kappa shape index (κ3) is 2.46. The van der Waals surface area contributed by atoms with Crippen LogP contribution in [0, 0.1) is 0 Å². The van der Waals surface area contributed by atoms with Gasteiger partial charge in [-0.1, -0.05) is 18.6 Å². The van der Waals surface area contributed by atoms with Gasteiger partial charge in [-0.2, -0.15) is 0 Å². The zero-order valence-corrected chi connectivity index (χ0v) is 16.3. The van der Waals surface area contributed by atoms with Crippen molar-refractivity contribution < 1.29 is 9.59 Å². The molecule has 1 spiro atoms. The van der Waals surface area contributed by atoms with Crippen molar-refractivity contribution in [1.29, 1.82) is 0 Å². The van der Waals surface area contributed by atoms with Gasteiger partial charge < -0.3 is 15.6 Å². The molecule has 1 aliphatic heterocycles. The Morgan fingerprint density at radius 3 is 2.83 bits per heavy atom. The predicted molar refractivity (Wildman–Crippen MR) is 116 cm³/mol. The number of aromatic nitrogens is 2. The maximum Gasteiger partial charge on any atom is 0.268 e. The standard InChI is InChI=1S/C24H20N4O2/c29-22(27-16-6-4-14-3-1-10-25-19(14)12-16)15-5-7-18-17(11-15)20-21(28-18)23(30)26-13-24(20)8-2-9-24/h1,3-7,10-12,28H,2,8-9,13H2,(H,26,30)(H,27,29). The molecule has 3 N–H and O–H groups in total. The molecule has 0 radical (unpaired) electrons. The molecule has 0 bridgehead atoms. The molecule has 30 heavy (non-hydrogen) atoms. The van der Waals surface area contributed by atoms with E-state index in [1.807, 2.05) is 42.5 Å². The van der Waals surface area contributed by atoms with Crippen molar-refractivity contribution in [3.8, 4) is 0 Å². The molecule has 4 aromatic rings. The van der Waals surface area contributed by atoms with Gasteiger partial charge in [-0.25, -0.2) is 0 Å². The van der Waals surface area contributed by atoms with Crippen LogP contribution in [0.25, 0.3) is 21.8 Å². The number of hydrogen-bond donors (Lipinski definition) is 3. The van der Waals surface area contributed by atoms with Crippen molar-refractivity contribution in [3.05, 3.63) is 71.5 Å². The van der Waals surface area contributed by atoms with Gasteiger partial charge in [-0.05, 0) is 54.8 Å². The van der Waals surface area contributed by atoms with E-state index in [1.165, 1.54) is 0 Å². The van der Waals surface area contributed by atoms with Crippen molar-refractivity contribution in [2.45, 2.75) is 24.7 Å². The van der Waals surface area contributed by atoms with Crippen LogP contribution in [0.3, 0.4) is 0 Å². The summed E-state index contributed by atoms with van der Waals surface area (Å²) in [5.74, 6) is -0.238. The molecule has 6 heteroatoms. The summed E-state index contributed by atoms with van der Waals surface area (Å²) >= 11 is 0. The van der Waals surface area contributed by atoms with Gasteiger partial charge in [-0.3, -0.25) is 14.6 Å². The van der Waals surface area contributed by atoms with Crippen molar-refractivity contribution in [2.24, 2.45) is 0 Å². The molecule has 6 rings (SSSR count). The van der Waals surface area contributed by atoms with E-state index in [4.69, 9.17) is 0 Å². The number of H-pyrrole nitrogens is 1. The van der Waals surface area contributed by atoms with Crippen LogP contribution >= 0.6 is 0 Å². The monoisotopic (exact) mass is 396 g/mol. The number of amides is 2. The Hall–Kier alpha value is -3.67. The van der Waals surface area contributed by atoms with Gasteiger partial charge >= 0.3 is 0 Å². The largest absolute Gasteiger partial charge is 0.350 e. The Labute approximate surface area is 172 Å². The first kappa shape index (κ1) is 17.2. The van der Waals surface area contributed by atoms with E-state index in [-0.39, 0.29) is 17.2 Å². The summed E-state index contributed by atoms with van der Waals surface area (Å²) in [6, 6.07) is 15.2. The van der Waals surface area contributed by atoms with E-state index in [0.717, 1.165) is 46.6 Å². The lowest BCUT2D eigenvalue weighted by atomic mass is 9.62. The molecular weight excluding hydrogens is 376 g/mol. The Kier molecular flexibility index (Phi) is 3.53. The van der Waals surface area contributed by atoms with Crippen molar-refractivity contribution in [3.63, 3.8) is 0 Å². The minimum Gasteiger partial charge on any atom is -0.350 e. The number of nitrogens with one attached hydrogen (secondary N) is 3. The van der Waals surface area contributed by atoms with Gasteiger partial charge in [0.2, 0.25) is 0 Å². The average molecular weight is 396 g/mol. The fraction of sp³-hybridized carbons (Fsp3) is 0.208. The molecule has 2 aliphatic rings. The lowest BCUT2D eigenvalue weighted by Crippen LogP contribution is -2.50. The van der Waals surface area contributed by atoms with E-state index in [2.05, 4.69) is 20.6 Å². The smallest absolute Gasteiger partial charge is 0.268 e. The van der Waals surface area contributed by atoms with Crippen LogP contribution in [0.2, 0.25) is 0 Å². The second kappa shape index (κ2) is 6.16. The molecule has 0 unspecified atom stereocenters. The number of benzene rings is 2. The molecule has 1 fully saturated rings. The summed E-state index contributed by atoms with van der Waals surface area (Å²) < 4.78 is 0. The highest BCUT2D eigenvalue weighted by molar-refractivity contribution is 6.09. The molecule has 2 amide bonds. The van der Waals surface area contributed by atoms with Gasteiger partial charge in [0, 0.05) is 45.7 Å². The molecule has 2 aromatic carbocycles. The van der Waals surface area contributed by atoms with E-state index in [9.17, 15) is 9.59 Å². The van der Waals surface area contributed by atoms with Crippen LogP contribution in [-0.4, -0.2) is 28.3 Å². The zero-order chi connectivity index (χ0) is 20.3. The van der Waals surface area contributed by atoms with Crippen molar-refractivity contribution in [1.82, 2.24) is 15.3 Å². The lowest BCUT2D eigenvalue weighted by molar-refractivity contribution is 0.0892. The highest BCUT2D eigenvalue weighted by Crippen LogP contribution is 2.49. The van der Waals surface area contributed by atoms with Crippen LogP contribution in [0.5, 0.6) is 0 Å². The van der Waals surface area contributed by atoms with E-state index in [1.54, 1.807) is 12.3 Å². The normalized spacial score (nSPS) is 16.9. The molecule has 3 heterocycles. The van der Waals surface area contributed by atoms with E-state index >= 15 is 0 Å². The van der Waals surface area contributed by atoms with Crippen LogP contribution < -0.4 is 10.6 Å². The molecule has 6 nitrogen and oxygen atoms in total. The molecule has 1 aliphatic carbocycles. The zero-order valence-electron chi connectivity index (χ0n) is 16.3. The average Bonchev–Trinajstić information content (AvgIpc) is 3.13. The number of anilines is 1. The van der Waals surface area contributed by atoms with Crippen molar-refractivity contribution in [2.75, 3.05) is 11.9 Å². The number of carbonyl (C=O) groups excluding carboxylic acids is 2. The molecular formula is C24H20N4O2. The maximum atomic E-state index is 13.0. The quantitative estimate of drug-likeness (QED) is 0.476. The minimum atomic E-state index is -0.176. The molecule has 0 saturated heterocycles. The van der Waals surface area contributed by atoms with E-state index in [0.29, 0.717) is 23.5 Å². The van der Waals surface area contributed by atoms with Crippen LogP contribution in [-0.2, 0) is 5.41 Å². The Bertz CT molecular complexity index is 1350. The second-order valence-electron chi connectivity index (χ2n) is 8.32. The predicted octanol–water partition coefficient (Wildman–Crippen LogP) is 4.13. The SMILES string of the molecule is O=C(Nc1ccc2cccnc2c1)c1ccc2[nH]c3c(c2c1)C1(CCC1)CNC3=O. The van der Waals surface area contributed by atoms with Crippen LogP contribution in [0.15, 0.2) is 54.7 Å². The number of aromatic amines is 1. The summed E-state index contributed by atoms with van der Waals surface area (Å²) in [7, 11) is 0. The number of nitrogens with zero attached hydrogens (tertiary/aromatic N) is 1. The minimum absolute atomic E-state index is 0.000603. The summed E-state index contributed by atoms with van der Waals surface area (Å²) in [6.07, 6.45) is 5.03. The molecule has 0 atom stereocenters. The lowest BCUT2D eigenvalue weighted by Gasteiger charge is -2.45. The summed E-state index contributed by atoms with van der Waals surface area (Å²) in [6.45, 7) is 0.673. The van der Waals surface area contributed by atoms with Crippen LogP contribution in [0.4, 0.5) is 5.69 Å². The van der Waals surface area contributed by atoms with Gasteiger partial charge in [0.05, 0.1) is 5.52 Å². The van der Waals surface area contributed by atoms with Gasteiger partial charge in [-0.15, -0.1) is 0 Å². The summed E-state index contributed by atoms with van der Waals surface area (Å²) in [4.78, 5) is 33.0. The number of pyridine rings is 1. The molecule has 1 saturated carbocycles. The summed E-state index contributed by atoms with van der Waals surface area (Å²) in [5, 5.41) is 8.00. The Morgan fingerprint density at radius 2 is 2.00 bits per heavy atom. The first-order chi connectivity index (χ1) is 14.6. The van der Waals surface area contributed by atoms with Gasteiger partial charge in [0.25, 0.3) is 11.8 Å². The molecule has 2 aromatic heterocycles. The van der Waals surface area contributed by atoms with Gasteiger partial charge in [0.15, 0.2) is 0 Å². The van der Waals surface area contributed by atoms with Crippen LogP contribution in [0.1, 0.15) is 45.7 Å². The fourth-order valence-corrected chi connectivity index (χ4v) is 4.86. The third-order valence-electron chi connectivity index (χ3n) is 6.58. The van der Waals surface area contributed by atoms with E-state index < -0.39 is 0 Å². The maximum absolute atomic E-state index is 13.0. The summed E-state index contributed by atoms with van der Waals surface area (Å²) in [5.41, 5.74) is 4.74. The Morgan fingerprint density at radius 1 is 1.10 bits per heavy atom. The highest BCUT2D eigenvalue weighted by Gasteiger charge is 2.46. The topological polar surface area (TPSA) is 86.9 Å². The third-order valence-corrected chi connectivity index (χ3v) is 6.58. The number of fused-ring (bicyclic) bond motifs is 5. The van der Waals surface area contributed by atoms with Crippen molar-refractivity contribution >= 4 is 39.3 Å². The van der Waals surface area contributed by atoms with Gasteiger partial charge in [0.1, 0.15) is 5.69 Å². The number of carbonyl (C=O) groups is 2. The molecule has 148 valence electrons. The first-order valence-electron chi connectivity index (χ1n) is 10.2. The number of rotatable bonds is 2. The fourth-order valence-electron chi connectivity index (χ4n) is 4.86. The first-order valence-corrected chi connectivity index (χ1v) is 10.2. The Balaban J connectivity index is 1.38. The highest BCUT2D eigenvalue weighted by atomic mass is 16.2. The second-order valence-corrected chi connectivity index (χ2v) is 8.32. The number of hydrogen-bond acceptors (Lipinski definition) is 3.